The minimum atomic E-state index is -0.977. The highest BCUT2D eigenvalue weighted by molar-refractivity contribution is 8.03. The third kappa shape index (κ3) is 4.16. The molecule has 0 saturated carbocycles. The number of thioether (sulfide) groups is 1. The number of rotatable bonds is 6. The average molecular weight is 372 g/mol. The lowest BCUT2D eigenvalue weighted by Crippen LogP contribution is -2.13. The number of nitriles is 1. The highest BCUT2D eigenvalue weighted by Crippen LogP contribution is 2.22. The second-order valence-corrected chi connectivity index (χ2v) is 6.32. The highest BCUT2D eigenvalue weighted by Gasteiger charge is 2.21. The van der Waals surface area contributed by atoms with Crippen LogP contribution in [0.25, 0.3) is 0 Å². The Kier molecular flexibility index (Phi) is 6.26. The molecular formula is C19H14F2N2O2S. The molecule has 0 atom stereocenters. The molecule has 0 bridgehead atoms. The Balaban J connectivity index is 2.22. The van der Waals surface area contributed by atoms with Crippen LogP contribution in [0.4, 0.5) is 8.78 Å². The maximum absolute atomic E-state index is 13.6. The SMILES string of the molecule is Cc1ccccc1C(=O)/C(C#N)=C(/N)SCC(=O)c1c(F)cccc1F. The van der Waals surface area contributed by atoms with Crippen LogP contribution >= 0.6 is 11.8 Å². The number of allylic oxidation sites excluding steroid dienone is 1. The first-order valence-corrected chi connectivity index (χ1v) is 8.45. The Morgan fingerprint density at radius 1 is 1.12 bits per heavy atom. The van der Waals surface area contributed by atoms with Crippen molar-refractivity contribution in [3.8, 4) is 6.07 Å². The predicted octanol–water partition coefficient (Wildman–Crippen LogP) is 3.77. The molecule has 2 aromatic carbocycles. The Morgan fingerprint density at radius 2 is 1.73 bits per heavy atom. The molecule has 2 rings (SSSR count). The van der Waals surface area contributed by atoms with Crippen LogP contribution in [-0.2, 0) is 0 Å². The molecule has 0 aliphatic rings. The van der Waals surface area contributed by atoms with Crippen LogP contribution in [0.5, 0.6) is 0 Å². The first-order valence-electron chi connectivity index (χ1n) is 7.47. The zero-order chi connectivity index (χ0) is 19.3. The van der Waals surface area contributed by atoms with Crippen LogP contribution in [0.15, 0.2) is 53.1 Å². The van der Waals surface area contributed by atoms with Gasteiger partial charge in [-0.15, -0.1) is 0 Å². The smallest absolute Gasteiger partial charge is 0.206 e. The largest absolute Gasteiger partial charge is 0.392 e. The summed E-state index contributed by atoms with van der Waals surface area (Å²) in [6, 6.07) is 11.5. The maximum atomic E-state index is 13.6. The zero-order valence-electron chi connectivity index (χ0n) is 13.8. The quantitative estimate of drug-likeness (QED) is 0.474. The van der Waals surface area contributed by atoms with Gasteiger partial charge in [0.05, 0.1) is 16.3 Å². The number of aryl methyl sites for hydroxylation is 1. The number of hydrogen-bond acceptors (Lipinski definition) is 5. The first-order chi connectivity index (χ1) is 12.4. The maximum Gasteiger partial charge on any atom is 0.206 e. The Morgan fingerprint density at radius 3 is 2.31 bits per heavy atom. The van der Waals surface area contributed by atoms with E-state index in [4.69, 9.17) is 5.73 Å². The van der Waals surface area contributed by atoms with E-state index in [1.807, 2.05) is 0 Å². The summed E-state index contributed by atoms with van der Waals surface area (Å²) >= 11 is 0.689. The van der Waals surface area contributed by atoms with Crippen LogP contribution in [-0.4, -0.2) is 17.3 Å². The molecule has 0 radical (unpaired) electrons. The number of ketones is 2. The molecule has 0 fully saturated rings. The third-order valence-corrected chi connectivity index (χ3v) is 4.50. The normalized spacial score (nSPS) is 11.5. The molecule has 0 unspecified atom stereocenters. The zero-order valence-corrected chi connectivity index (χ0v) is 14.6. The van der Waals surface area contributed by atoms with Crippen LogP contribution in [0.2, 0.25) is 0 Å². The standard InChI is InChI=1S/C19H14F2N2O2S/c1-11-5-2-3-6-12(11)18(25)13(9-22)19(23)26-10-16(24)17-14(20)7-4-8-15(17)21/h2-8H,10,23H2,1H3/b19-13-. The summed E-state index contributed by atoms with van der Waals surface area (Å²) in [7, 11) is 0. The van der Waals surface area contributed by atoms with E-state index >= 15 is 0 Å². The van der Waals surface area contributed by atoms with Gasteiger partial charge < -0.3 is 5.73 Å². The molecule has 132 valence electrons. The van der Waals surface area contributed by atoms with Crippen molar-refractivity contribution >= 4 is 23.3 Å². The monoisotopic (exact) mass is 372 g/mol. The second kappa shape index (κ2) is 8.41. The fourth-order valence-corrected chi connectivity index (χ4v) is 2.95. The van der Waals surface area contributed by atoms with Crippen LogP contribution in [0.3, 0.4) is 0 Å². The molecule has 2 aromatic rings. The molecule has 0 aromatic heterocycles. The average Bonchev–Trinajstić information content (AvgIpc) is 2.60. The minimum absolute atomic E-state index is 0.175. The second-order valence-electron chi connectivity index (χ2n) is 5.30. The van der Waals surface area contributed by atoms with Crippen molar-refractivity contribution in [3.63, 3.8) is 0 Å². The van der Waals surface area contributed by atoms with Gasteiger partial charge in [0, 0.05) is 5.56 Å². The summed E-state index contributed by atoms with van der Waals surface area (Å²) in [6.45, 7) is 1.72. The number of Topliss-reactive ketones (excluding diaryl/α,β-unsaturated/α-hetero) is 2. The topological polar surface area (TPSA) is 83.9 Å². The summed E-state index contributed by atoms with van der Waals surface area (Å²) in [5.74, 6) is -3.76. The van der Waals surface area contributed by atoms with Gasteiger partial charge in [0.1, 0.15) is 23.3 Å². The van der Waals surface area contributed by atoms with Gasteiger partial charge in [-0.2, -0.15) is 5.26 Å². The molecule has 0 spiro atoms. The van der Waals surface area contributed by atoms with Crippen molar-refractivity contribution in [2.45, 2.75) is 6.92 Å². The van der Waals surface area contributed by atoms with Crippen molar-refractivity contribution in [1.29, 1.82) is 5.26 Å². The molecule has 7 heteroatoms. The molecule has 2 N–H and O–H groups in total. The van der Waals surface area contributed by atoms with Gasteiger partial charge in [0.15, 0.2) is 5.78 Å². The molecule has 0 aliphatic carbocycles. The molecule has 0 heterocycles. The number of benzene rings is 2. The number of nitrogens with zero attached hydrogens (tertiary/aromatic N) is 1. The van der Waals surface area contributed by atoms with Gasteiger partial charge in [-0.3, -0.25) is 9.59 Å². The van der Waals surface area contributed by atoms with Crippen molar-refractivity contribution in [2.75, 3.05) is 5.75 Å². The Hall–Kier alpha value is -2.98. The van der Waals surface area contributed by atoms with Gasteiger partial charge in [-0.05, 0) is 24.6 Å². The first kappa shape index (κ1) is 19.3. The van der Waals surface area contributed by atoms with Gasteiger partial charge in [-0.25, -0.2) is 8.78 Å². The van der Waals surface area contributed by atoms with Gasteiger partial charge in [0.2, 0.25) is 5.78 Å². The molecule has 4 nitrogen and oxygen atoms in total. The predicted molar refractivity (Wildman–Crippen MR) is 95.5 cm³/mol. The van der Waals surface area contributed by atoms with Crippen LogP contribution in [0.1, 0.15) is 26.3 Å². The Bertz CT molecular complexity index is 929. The molecule has 26 heavy (non-hydrogen) atoms. The molecule has 0 aliphatic heterocycles. The van der Waals surface area contributed by atoms with E-state index in [1.165, 1.54) is 0 Å². The van der Waals surface area contributed by atoms with Crippen molar-refractivity contribution in [3.05, 3.63) is 81.4 Å². The summed E-state index contributed by atoms with van der Waals surface area (Å²) < 4.78 is 27.2. The van der Waals surface area contributed by atoms with E-state index in [0.717, 1.165) is 18.2 Å². The fraction of sp³-hybridized carbons (Fsp3) is 0.105. The van der Waals surface area contributed by atoms with E-state index in [-0.39, 0.29) is 10.6 Å². The summed E-state index contributed by atoms with van der Waals surface area (Å²) in [5, 5.41) is 9.09. The number of carbonyl (C=O) groups excluding carboxylic acids is 2. The van der Waals surface area contributed by atoms with E-state index < -0.39 is 34.5 Å². The number of halogens is 2. The number of hydrogen-bond donors (Lipinski definition) is 1. The van der Waals surface area contributed by atoms with Gasteiger partial charge >= 0.3 is 0 Å². The molecular weight excluding hydrogens is 358 g/mol. The van der Waals surface area contributed by atoms with Gasteiger partial charge in [0.25, 0.3) is 0 Å². The highest BCUT2D eigenvalue weighted by atomic mass is 32.2. The van der Waals surface area contributed by atoms with Gasteiger partial charge in [-0.1, -0.05) is 42.1 Å². The van der Waals surface area contributed by atoms with E-state index in [1.54, 1.807) is 37.3 Å². The summed E-state index contributed by atoms with van der Waals surface area (Å²) in [5.41, 5.74) is 5.79. The summed E-state index contributed by atoms with van der Waals surface area (Å²) in [4.78, 5) is 24.5. The summed E-state index contributed by atoms with van der Waals surface area (Å²) in [6.07, 6.45) is 0. The lowest BCUT2D eigenvalue weighted by atomic mass is 10.0. The van der Waals surface area contributed by atoms with Crippen molar-refractivity contribution in [2.24, 2.45) is 5.73 Å². The van der Waals surface area contributed by atoms with E-state index in [2.05, 4.69) is 0 Å². The fourth-order valence-electron chi connectivity index (χ4n) is 2.23. The van der Waals surface area contributed by atoms with E-state index in [0.29, 0.717) is 22.9 Å². The van der Waals surface area contributed by atoms with Crippen molar-refractivity contribution < 1.29 is 18.4 Å². The van der Waals surface area contributed by atoms with Crippen LogP contribution in [0, 0.1) is 29.9 Å². The number of carbonyl (C=O) groups is 2. The van der Waals surface area contributed by atoms with Crippen molar-refractivity contribution in [1.82, 2.24) is 0 Å². The number of nitrogens with two attached hydrogens (primary N) is 1. The van der Waals surface area contributed by atoms with Crippen LogP contribution < -0.4 is 5.73 Å². The lowest BCUT2D eigenvalue weighted by molar-refractivity contribution is 0.101. The molecule has 0 amide bonds. The third-order valence-electron chi connectivity index (χ3n) is 3.58. The Labute approximate surface area is 153 Å². The minimum Gasteiger partial charge on any atom is -0.392 e. The molecule has 0 saturated heterocycles. The van der Waals surface area contributed by atoms with E-state index in [9.17, 15) is 23.6 Å². The lowest BCUT2D eigenvalue weighted by Gasteiger charge is -2.07.